The molecular formula is C42H40Cl2P2Ru. The van der Waals surface area contributed by atoms with Gasteiger partial charge in [-0.3, -0.25) is 0 Å². The first-order chi connectivity index (χ1) is 22.8. The van der Waals surface area contributed by atoms with E-state index in [2.05, 4.69) is 207 Å². The van der Waals surface area contributed by atoms with Gasteiger partial charge >= 0.3 is 69.4 Å². The van der Waals surface area contributed by atoms with Crippen molar-refractivity contribution >= 4 is 71.3 Å². The van der Waals surface area contributed by atoms with Gasteiger partial charge in [-0.25, -0.2) is 0 Å². The maximum atomic E-state index is 5.55. The maximum Gasteiger partial charge on any atom is -0.0134 e. The smallest absolute Gasteiger partial charge is 0.0134 e. The average molecular weight is 779 g/mol. The van der Waals surface area contributed by atoms with Gasteiger partial charge in [0.2, 0.25) is 0 Å². The Kier molecular flexibility index (Phi) is 15.5. The van der Waals surface area contributed by atoms with Gasteiger partial charge in [0.25, 0.3) is 0 Å². The van der Waals surface area contributed by atoms with Gasteiger partial charge in [-0.05, 0) is 47.7 Å². The molecule has 0 spiro atoms. The summed E-state index contributed by atoms with van der Waals surface area (Å²) in [5.41, 5.74) is 0.163. The van der Waals surface area contributed by atoms with Crippen molar-refractivity contribution in [3.05, 3.63) is 188 Å². The zero-order valence-corrected chi connectivity index (χ0v) is 31.9. The van der Waals surface area contributed by atoms with E-state index in [0.29, 0.717) is 0 Å². The monoisotopic (exact) mass is 778 g/mol. The summed E-state index contributed by atoms with van der Waals surface area (Å²) in [6, 6.07) is 64.7. The number of hydrogen-bond acceptors (Lipinski definition) is 0. The Hall–Kier alpha value is -2.97. The Morgan fingerprint density at radius 1 is 0.404 bits per heavy atom. The minimum absolute atomic E-state index is 0.163. The molecule has 0 nitrogen and oxygen atoms in total. The molecule has 0 aliphatic rings. The molecule has 47 heavy (non-hydrogen) atoms. The molecule has 0 aromatic heterocycles. The minimum atomic E-state index is -1.67. The second kappa shape index (κ2) is 19.8. The van der Waals surface area contributed by atoms with E-state index in [4.69, 9.17) is 19.4 Å². The molecule has 0 aliphatic carbocycles. The molecule has 0 N–H and O–H groups in total. The fourth-order valence-corrected chi connectivity index (χ4v) is 10.6. The van der Waals surface area contributed by atoms with E-state index in [-0.39, 0.29) is 5.41 Å². The van der Waals surface area contributed by atoms with Crippen molar-refractivity contribution in [1.29, 1.82) is 0 Å². The van der Waals surface area contributed by atoms with Crippen LogP contribution < -0.4 is 31.8 Å². The third kappa shape index (κ3) is 12.9. The summed E-state index contributed by atoms with van der Waals surface area (Å²) in [5, 5.41) is 8.39. The van der Waals surface area contributed by atoms with E-state index >= 15 is 0 Å². The van der Waals surface area contributed by atoms with Crippen LogP contribution in [0.1, 0.15) is 20.8 Å². The Bertz CT molecular complexity index is 1480. The molecule has 6 aromatic carbocycles. The first kappa shape index (κ1) is 36.9. The number of halogens is 2. The van der Waals surface area contributed by atoms with Crippen molar-refractivity contribution in [3.8, 4) is 0 Å². The van der Waals surface area contributed by atoms with E-state index in [1.165, 1.54) is 31.8 Å². The van der Waals surface area contributed by atoms with Crippen LogP contribution in [0.15, 0.2) is 188 Å². The number of allylic oxidation sites excluding steroid dienone is 1. The summed E-state index contributed by atoms with van der Waals surface area (Å²) < 4.78 is 2.93. The predicted molar refractivity (Wildman–Crippen MR) is 211 cm³/mol. The summed E-state index contributed by atoms with van der Waals surface area (Å²) >= 11 is -1.67. The van der Waals surface area contributed by atoms with Crippen molar-refractivity contribution in [2.24, 2.45) is 5.41 Å². The molecule has 0 atom stereocenters. The summed E-state index contributed by atoms with van der Waals surface area (Å²) in [4.78, 5) is 0. The van der Waals surface area contributed by atoms with Gasteiger partial charge in [0, 0.05) is 0 Å². The molecule has 0 heterocycles. The molecule has 0 saturated carbocycles. The second-order valence-electron chi connectivity index (χ2n) is 11.5. The third-order valence-corrected chi connectivity index (χ3v) is 13.1. The SMILES string of the molecule is CC(C)(C)C=[C]=[Ru]([Cl])[Cl].c1ccc(P(c2ccccc2)c2ccccc2)cc1.c1ccc(P(c2ccccc2)c2ccccc2)cc1. The maximum absolute atomic E-state index is 5.55. The van der Waals surface area contributed by atoms with Crippen molar-refractivity contribution in [2.45, 2.75) is 20.8 Å². The van der Waals surface area contributed by atoms with Crippen molar-refractivity contribution in [1.82, 2.24) is 0 Å². The molecule has 0 aliphatic heterocycles. The van der Waals surface area contributed by atoms with E-state index < -0.39 is 29.4 Å². The molecule has 0 radical (unpaired) electrons. The quantitative estimate of drug-likeness (QED) is 0.117. The Morgan fingerprint density at radius 3 is 0.723 bits per heavy atom. The molecule has 0 bridgehead atoms. The number of hydrogen-bond donors (Lipinski definition) is 0. The van der Waals surface area contributed by atoms with E-state index in [9.17, 15) is 0 Å². The summed E-state index contributed by atoms with van der Waals surface area (Å²) in [6.07, 6.45) is 1.94. The van der Waals surface area contributed by atoms with Crippen LogP contribution in [-0.4, -0.2) is 4.26 Å². The molecule has 6 rings (SSSR count). The normalized spacial score (nSPS) is 10.9. The Labute approximate surface area is 297 Å². The zero-order chi connectivity index (χ0) is 33.3. The second-order valence-corrected chi connectivity index (χ2v) is 21.3. The van der Waals surface area contributed by atoms with Crippen LogP contribution in [-0.2, 0) is 13.5 Å². The van der Waals surface area contributed by atoms with Crippen LogP contribution in [0.3, 0.4) is 0 Å². The van der Waals surface area contributed by atoms with Crippen LogP contribution in [0, 0.1) is 5.41 Å². The molecule has 0 amide bonds. The Balaban J connectivity index is 0.000000171. The molecule has 240 valence electrons. The molecular weight excluding hydrogens is 738 g/mol. The van der Waals surface area contributed by atoms with Crippen molar-refractivity contribution < 1.29 is 13.5 Å². The van der Waals surface area contributed by atoms with Gasteiger partial charge in [0.1, 0.15) is 0 Å². The van der Waals surface area contributed by atoms with Gasteiger partial charge in [0.05, 0.1) is 0 Å². The standard InChI is InChI=1S/2C18H15P.C6H10.2ClH.Ru/c2*1-4-10-16(11-5-1)19(17-12-6-2-7-13-17)18-14-8-3-9-15-18;1-5-6(2,3)4;;;/h2*1-15H;5H,2-4H3;2*1H;/q;;;;;+2/p-2. The fraction of sp³-hybridized carbons (Fsp3) is 0.0952. The molecule has 0 fully saturated rings. The van der Waals surface area contributed by atoms with Crippen molar-refractivity contribution in [2.75, 3.05) is 0 Å². The van der Waals surface area contributed by atoms with Crippen molar-refractivity contribution in [3.63, 3.8) is 0 Å². The van der Waals surface area contributed by atoms with Crippen LogP contribution in [0.25, 0.3) is 0 Å². The van der Waals surface area contributed by atoms with E-state index in [0.717, 1.165) is 0 Å². The first-order valence-electron chi connectivity index (χ1n) is 15.3. The summed E-state index contributed by atoms with van der Waals surface area (Å²) in [7, 11) is 10.2. The average Bonchev–Trinajstić information content (AvgIpc) is 3.11. The number of benzene rings is 6. The third-order valence-electron chi connectivity index (χ3n) is 6.65. The minimum Gasteiger partial charge on any atom is -0.0622 e. The zero-order valence-electron chi connectivity index (χ0n) is 26.9. The fourth-order valence-electron chi connectivity index (χ4n) is 4.55. The van der Waals surface area contributed by atoms with Gasteiger partial charge in [0.15, 0.2) is 0 Å². The molecule has 0 saturated heterocycles. The topological polar surface area (TPSA) is 0 Å². The van der Waals surface area contributed by atoms with Crippen LogP contribution >= 0.6 is 35.2 Å². The van der Waals surface area contributed by atoms with Crippen LogP contribution in [0.5, 0.6) is 0 Å². The molecule has 0 unspecified atom stereocenters. The van der Waals surface area contributed by atoms with Gasteiger partial charge in [-0.15, -0.1) is 0 Å². The van der Waals surface area contributed by atoms with Crippen LogP contribution in [0.2, 0.25) is 0 Å². The summed E-state index contributed by atoms with van der Waals surface area (Å²) in [5.74, 6) is 0. The van der Waals surface area contributed by atoms with E-state index in [1.807, 2.05) is 6.08 Å². The first-order valence-corrected chi connectivity index (χ1v) is 23.4. The largest absolute Gasteiger partial charge is 0.0622 e. The molecule has 6 aromatic rings. The summed E-state index contributed by atoms with van der Waals surface area (Å²) in [6.45, 7) is 6.27. The van der Waals surface area contributed by atoms with Gasteiger partial charge < -0.3 is 0 Å². The van der Waals surface area contributed by atoms with E-state index in [1.54, 1.807) is 0 Å². The van der Waals surface area contributed by atoms with Gasteiger partial charge in [-0.1, -0.05) is 182 Å². The van der Waals surface area contributed by atoms with Gasteiger partial charge in [-0.2, -0.15) is 0 Å². The molecule has 5 heteroatoms. The van der Waals surface area contributed by atoms with Crippen LogP contribution in [0.4, 0.5) is 0 Å². The predicted octanol–water partition coefficient (Wildman–Crippen LogP) is 9.81. The number of rotatable bonds is 6. The Morgan fingerprint density at radius 2 is 0.596 bits per heavy atom.